The Kier molecular flexibility index (Phi) is 6.33. The van der Waals surface area contributed by atoms with E-state index in [1.165, 1.54) is 6.20 Å². The Balaban J connectivity index is 2.12. The van der Waals surface area contributed by atoms with Crippen LogP contribution in [0.5, 0.6) is 11.6 Å². The Hall–Kier alpha value is -2.64. The summed E-state index contributed by atoms with van der Waals surface area (Å²) in [5, 5.41) is -0.128. The minimum Gasteiger partial charge on any atom is -0.436 e. The van der Waals surface area contributed by atoms with Gasteiger partial charge in [0.05, 0.1) is 16.0 Å². The molecule has 3 rings (SSSR count). The van der Waals surface area contributed by atoms with E-state index in [9.17, 15) is 8.42 Å². The van der Waals surface area contributed by atoms with E-state index < -0.39 is 15.3 Å². The molecule has 3 aromatic rings. The van der Waals surface area contributed by atoms with Crippen molar-refractivity contribution in [3.8, 4) is 22.9 Å². The van der Waals surface area contributed by atoms with Crippen LogP contribution < -0.4 is 9.46 Å². The maximum absolute atomic E-state index is 12.5. The topological polar surface area (TPSA) is 81.2 Å². The van der Waals surface area contributed by atoms with E-state index in [2.05, 4.69) is 14.7 Å². The summed E-state index contributed by atoms with van der Waals surface area (Å²) in [5.41, 5.74) is 4.51. The van der Waals surface area contributed by atoms with Gasteiger partial charge in [0, 0.05) is 18.0 Å². The SMILES string of the molecule is Cc1cc(C)c(Oc2nc(-c3cncc(Cl)c3)ccc2NS(=O)(=O)C(C)C)c(C)c1. The lowest BCUT2D eigenvalue weighted by Crippen LogP contribution is -2.23. The highest BCUT2D eigenvalue weighted by atomic mass is 35.5. The number of pyridine rings is 2. The fourth-order valence-corrected chi connectivity index (χ4v) is 3.88. The molecule has 2 aromatic heterocycles. The van der Waals surface area contributed by atoms with E-state index in [0.29, 0.717) is 22.0 Å². The average molecular weight is 446 g/mol. The molecular weight excluding hydrogens is 422 g/mol. The quantitative estimate of drug-likeness (QED) is 0.529. The van der Waals surface area contributed by atoms with Gasteiger partial charge in [0.1, 0.15) is 11.4 Å². The number of aryl methyl sites for hydroxylation is 3. The van der Waals surface area contributed by atoms with E-state index in [4.69, 9.17) is 16.3 Å². The van der Waals surface area contributed by atoms with Crippen molar-refractivity contribution < 1.29 is 13.2 Å². The zero-order valence-electron chi connectivity index (χ0n) is 17.5. The van der Waals surface area contributed by atoms with E-state index in [0.717, 1.165) is 16.7 Å². The Morgan fingerprint density at radius 3 is 2.30 bits per heavy atom. The summed E-state index contributed by atoms with van der Waals surface area (Å²) in [6.45, 7) is 9.11. The molecule has 158 valence electrons. The lowest BCUT2D eigenvalue weighted by Gasteiger charge is -2.17. The molecule has 0 atom stereocenters. The summed E-state index contributed by atoms with van der Waals surface area (Å²) in [6, 6.07) is 9.08. The predicted molar refractivity (Wildman–Crippen MR) is 121 cm³/mol. The van der Waals surface area contributed by atoms with Crippen molar-refractivity contribution in [1.82, 2.24) is 9.97 Å². The minimum atomic E-state index is -3.58. The number of nitrogens with one attached hydrogen (secondary N) is 1. The standard InChI is InChI=1S/C22H24ClN3O3S/c1-13(2)30(27,28)26-20-7-6-19(17-10-18(23)12-24-11-17)25-22(20)29-21-15(4)8-14(3)9-16(21)5/h6-13,26H,1-5H3. The van der Waals surface area contributed by atoms with Gasteiger partial charge < -0.3 is 4.74 Å². The van der Waals surface area contributed by atoms with Gasteiger partial charge in [-0.1, -0.05) is 29.3 Å². The van der Waals surface area contributed by atoms with Crippen LogP contribution in [0.25, 0.3) is 11.3 Å². The van der Waals surface area contributed by atoms with Crippen molar-refractivity contribution in [3.05, 3.63) is 64.4 Å². The van der Waals surface area contributed by atoms with E-state index in [1.54, 1.807) is 38.2 Å². The van der Waals surface area contributed by atoms with Crippen LogP contribution in [0.2, 0.25) is 5.02 Å². The molecule has 0 saturated carbocycles. The number of aromatic nitrogens is 2. The van der Waals surface area contributed by atoms with Gasteiger partial charge in [-0.2, -0.15) is 0 Å². The number of halogens is 1. The summed E-state index contributed by atoms with van der Waals surface area (Å²) >= 11 is 6.06. The van der Waals surface area contributed by atoms with E-state index in [-0.39, 0.29) is 11.6 Å². The Morgan fingerprint density at radius 2 is 1.70 bits per heavy atom. The molecule has 0 spiro atoms. The molecule has 8 heteroatoms. The highest BCUT2D eigenvalue weighted by Crippen LogP contribution is 2.35. The third kappa shape index (κ3) is 4.91. The zero-order chi connectivity index (χ0) is 22.1. The van der Waals surface area contributed by atoms with Crippen molar-refractivity contribution >= 4 is 27.3 Å². The second-order valence-electron chi connectivity index (χ2n) is 7.47. The van der Waals surface area contributed by atoms with Gasteiger partial charge >= 0.3 is 0 Å². The molecular formula is C22H24ClN3O3S. The second-order valence-corrected chi connectivity index (χ2v) is 10.1. The summed E-state index contributed by atoms with van der Waals surface area (Å²) in [5.74, 6) is 0.797. The van der Waals surface area contributed by atoms with Gasteiger partial charge in [0.15, 0.2) is 0 Å². The number of sulfonamides is 1. The fourth-order valence-electron chi connectivity index (χ4n) is 3.00. The molecule has 0 radical (unpaired) electrons. The monoisotopic (exact) mass is 445 g/mol. The highest BCUT2D eigenvalue weighted by Gasteiger charge is 2.20. The maximum atomic E-state index is 12.5. The third-order valence-electron chi connectivity index (χ3n) is 4.54. The Labute approximate surface area is 182 Å². The molecule has 0 aliphatic carbocycles. The summed E-state index contributed by atoms with van der Waals surface area (Å²) in [4.78, 5) is 8.67. The molecule has 0 unspecified atom stereocenters. The first-order valence-corrected chi connectivity index (χ1v) is 11.4. The number of nitrogens with zero attached hydrogens (tertiary/aromatic N) is 2. The van der Waals surface area contributed by atoms with Crippen molar-refractivity contribution in [2.24, 2.45) is 0 Å². The predicted octanol–water partition coefficient (Wildman–Crippen LogP) is 5.66. The fraction of sp³-hybridized carbons (Fsp3) is 0.273. The summed E-state index contributed by atoms with van der Waals surface area (Å²) in [7, 11) is -3.58. The lowest BCUT2D eigenvalue weighted by atomic mass is 10.1. The Morgan fingerprint density at radius 1 is 1.03 bits per heavy atom. The van der Waals surface area contributed by atoms with Crippen LogP contribution in [0.3, 0.4) is 0 Å². The largest absolute Gasteiger partial charge is 0.436 e. The van der Waals surface area contributed by atoms with Crippen LogP contribution >= 0.6 is 11.6 Å². The molecule has 0 aliphatic heterocycles. The molecule has 2 heterocycles. The normalized spacial score (nSPS) is 11.6. The van der Waals surface area contributed by atoms with E-state index >= 15 is 0 Å². The van der Waals surface area contributed by atoms with Crippen molar-refractivity contribution in [3.63, 3.8) is 0 Å². The van der Waals surface area contributed by atoms with Gasteiger partial charge in [-0.25, -0.2) is 13.4 Å². The van der Waals surface area contributed by atoms with Crippen molar-refractivity contribution in [1.29, 1.82) is 0 Å². The van der Waals surface area contributed by atoms with Crippen LogP contribution in [0.4, 0.5) is 5.69 Å². The maximum Gasteiger partial charge on any atom is 0.244 e. The number of benzene rings is 1. The zero-order valence-corrected chi connectivity index (χ0v) is 19.1. The molecule has 1 aromatic carbocycles. The first-order chi connectivity index (χ1) is 14.1. The van der Waals surface area contributed by atoms with Crippen molar-refractivity contribution in [2.45, 2.75) is 39.9 Å². The van der Waals surface area contributed by atoms with Gasteiger partial charge in [-0.15, -0.1) is 0 Å². The molecule has 30 heavy (non-hydrogen) atoms. The van der Waals surface area contributed by atoms with Crippen LogP contribution in [-0.4, -0.2) is 23.6 Å². The minimum absolute atomic E-state index is 0.159. The Bertz CT molecular complexity index is 1170. The van der Waals surface area contributed by atoms with E-state index in [1.807, 2.05) is 32.9 Å². The average Bonchev–Trinajstić information content (AvgIpc) is 2.65. The number of hydrogen-bond donors (Lipinski definition) is 1. The number of ether oxygens (including phenoxy) is 1. The molecule has 0 bridgehead atoms. The second kappa shape index (κ2) is 8.62. The van der Waals surface area contributed by atoms with Gasteiger partial charge in [0.2, 0.25) is 15.9 Å². The van der Waals surface area contributed by atoms with Gasteiger partial charge in [-0.3, -0.25) is 9.71 Å². The van der Waals surface area contributed by atoms with Crippen LogP contribution in [0.1, 0.15) is 30.5 Å². The van der Waals surface area contributed by atoms with Crippen molar-refractivity contribution in [2.75, 3.05) is 4.72 Å². The number of hydrogen-bond acceptors (Lipinski definition) is 5. The first kappa shape index (κ1) is 22.1. The summed E-state index contributed by atoms with van der Waals surface area (Å²) < 4.78 is 33.7. The molecule has 0 saturated heterocycles. The molecule has 0 fully saturated rings. The molecule has 1 N–H and O–H groups in total. The third-order valence-corrected chi connectivity index (χ3v) is 6.49. The van der Waals surface area contributed by atoms with Gasteiger partial charge in [0.25, 0.3) is 0 Å². The smallest absolute Gasteiger partial charge is 0.244 e. The highest BCUT2D eigenvalue weighted by molar-refractivity contribution is 7.93. The lowest BCUT2D eigenvalue weighted by molar-refractivity contribution is 0.459. The first-order valence-electron chi connectivity index (χ1n) is 9.46. The molecule has 6 nitrogen and oxygen atoms in total. The molecule has 0 amide bonds. The van der Waals surface area contributed by atoms with Gasteiger partial charge in [-0.05, 0) is 63.9 Å². The van der Waals surface area contributed by atoms with Crippen LogP contribution in [0, 0.1) is 20.8 Å². The molecule has 0 aliphatic rings. The number of rotatable bonds is 6. The summed E-state index contributed by atoms with van der Waals surface area (Å²) in [6.07, 6.45) is 3.17. The van der Waals surface area contributed by atoms with Crippen LogP contribution in [0.15, 0.2) is 42.7 Å². The van der Waals surface area contributed by atoms with Crippen LogP contribution in [-0.2, 0) is 10.0 Å². The number of anilines is 1.